The average Bonchev–Trinajstić information content (AvgIpc) is 3.79. The molecule has 2 nitrogen and oxygen atoms in total. The van der Waals surface area contributed by atoms with E-state index in [1.807, 2.05) is 0 Å². The lowest BCUT2D eigenvalue weighted by atomic mass is 9.82. The van der Waals surface area contributed by atoms with Crippen molar-refractivity contribution in [3.05, 3.63) is 204 Å². The molecule has 2 heteroatoms. The van der Waals surface area contributed by atoms with Crippen molar-refractivity contribution in [3.63, 3.8) is 0 Å². The molecule has 2 aliphatic carbocycles. The lowest BCUT2D eigenvalue weighted by Crippen LogP contribution is -2.17. The third-order valence-corrected chi connectivity index (χ3v) is 12.8. The summed E-state index contributed by atoms with van der Waals surface area (Å²) in [6.45, 7) is 9.50. The van der Waals surface area contributed by atoms with E-state index in [-0.39, 0.29) is 10.8 Å². The number of nitrogens with zero attached hydrogens (tertiary/aromatic N) is 2. The first-order chi connectivity index (χ1) is 27.3. The van der Waals surface area contributed by atoms with Gasteiger partial charge in [-0.15, -0.1) is 0 Å². The minimum Gasteiger partial charge on any atom is -0.309 e. The van der Waals surface area contributed by atoms with Gasteiger partial charge in [0.15, 0.2) is 0 Å². The molecule has 0 saturated carbocycles. The fourth-order valence-corrected chi connectivity index (χ4v) is 10.1. The van der Waals surface area contributed by atoms with Crippen molar-refractivity contribution in [2.45, 2.75) is 38.5 Å². The minimum atomic E-state index is -0.129. The number of anilines is 3. The van der Waals surface area contributed by atoms with Crippen LogP contribution in [0.15, 0.2) is 182 Å². The number of aromatic nitrogens is 1. The monoisotopic (exact) mass is 718 g/mol. The third-order valence-electron chi connectivity index (χ3n) is 12.8. The molecule has 0 spiro atoms. The standard InChI is InChI=1S/C54H42N2/c1-53(2)42-24-12-8-22-40(42)51-44(53)26-16-30-48(51)56(49-31-17-27-45-52(49)41-23-9-13-25-43(41)54(45,3)4)46-28-14-10-20-37(46)35-32-33-39-38-21-11-15-29-47(38)55(50(39)34-35)36-18-6-5-7-19-36/h5-34H,1-4H3. The highest BCUT2D eigenvalue weighted by molar-refractivity contribution is 6.11. The quantitative estimate of drug-likeness (QED) is 0.172. The molecule has 0 amide bonds. The zero-order valence-electron chi connectivity index (χ0n) is 32.2. The van der Waals surface area contributed by atoms with Gasteiger partial charge in [0.2, 0.25) is 0 Å². The molecule has 0 saturated heterocycles. The van der Waals surface area contributed by atoms with Crippen molar-refractivity contribution in [2.75, 3.05) is 4.90 Å². The van der Waals surface area contributed by atoms with E-state index in [0.29, 0.717) is 0 Å². The summed E-state index contributed by atoms with van der Waals surface area (Å²) in [6.07, 6.45) is 0. The Morgan fingerprint density at radius 3 is 1.50 bits per heavy atom. The van der Waals surface area contributed by atoms with Gasteiger partial charge in [0.05, 0.1) is 28.1 Å². The summed E-state index contributed by atoms with van der Waals surface area (Å²) in [5.74, 6) is 0. The SMILES string of the molecule is CC1(C)c2ccccc2-c2c(N(c3ccccc3-c3ccc4c5ccccc5n(-c5ccccc5)c4c3)c3cccc4c3-c3ccccc3C4(C)C)cccc21. The highest BCUT2D eigenvalue weighted by Crippen LogP contribution is 2.58. The zero-order valence-corrected chi connectivity index (χ0v) is 32.2. The second-order valence-electron chi connectivity index (χ2n) is 16.5. The molecule has 9 aromatic rings. The van der Waals surface area contributed by atoms with E-state index in [2.05, 4.69) is 219 Å². The van der Waals surface area contributed by atoms with Crippen molar-refractivity contribution in [1.29, 1.82) is 0 Å². The highest BCUT2D eigenvalue weighted by Gasteiger charge is 2.41. The molecule has 1 heterocycles. The summed E-state index contributed by atoms with van der Waals surface area (Å²) < 4.78 is 2.42. The lowest BCUT2D eigenvalue weighted by Gasteiger charge is -2.32. The van der Waals surface area contributed by atoms with Crippen molar-refractivity contribution >= 4 is 38.9 Å². The average molecular weight is 719 g/mol. The van der Waals surface area contributed by atoms with Crippen molar-refractivity contribution in [1.82, 2.24) is 4.57 Å². The van der Waals surface area contributed by atoms with Crippen LogP contribution in [-0.4, -0.2) is 4.57 Å². The van der Waals surface area contributed by atoms with E-state index < -0.39 is 0 Å². The number of hydrogen-bond donors (Lipinski definition) is 0. The fourth-order valence-electron chi connectivity index (χ4n) is 10.1. The van der Waals surface area contributed by atoms with Crippen LogP contribution in [0.1, 0.15) is 49.9 Å². The Morgan fingerprint density at radius 2 is 0.857 bits per heavy atom. The van der Waals surface area contributed by atoms with Crippen molar-refractivity contribution < 1.29 is 0 Å². The Bertz CT molecular complexity index is 2930. The van der Waals surface area contributed by atoms with Crippen LogP contribution in [-0.2, 0) is 10.8 Å². The largest absolute Gasteiger partial charge is 0.309 e. The second-order valence-corrected chi connectivity index (χ2v) is 16.5. The van der Waals surface area contributed by atoms with E-state index in [1.165, 1.54) is 88.8 Å². The van der Waals surface area contributed by atoms with Gasteiger partial charge in [-0.2, -0.15) is 0 Å². The summed E-state index contributed by atoms with van der Waals surface area (Å²) >= 11 is 0. The van der Waals surface area contributed by atoms with Crippen LogP contribution in [0.5, 0.6) is 0 Å². The maximum atomic E-state index is 2.58. The zero-order chi connectivity index (χ0) is 37.8. The molecule has 2 aliphatic rings. The van der Waals surface area contributed by atoms with Crippen LogP contribution in [0.25, 0.3) is 60.9 Å². The summed E-state index contributed by atoms with van der Waals surface area (Å²) in [5, 5.41) is 2.51. The first kappa shape index (κ1) is 32.8. The molecule has 0 atom stereocenters. The first-order valence-corrected chi connectivity index (χ1v) is 19.8. The van der Waals surface area contributed by atoms with Gasteiger partial charge in [-0.25, -0.2) is 0 Å². The van der Waals surface area contributed by atoms with Crippen LogP contribution in [0.4, 0.5) is 17.1 Å². The summed E-state index contributed by atoms with van der Waals surface area (Å²) in [5.41, 5.74) is 19.9. The molecule has 1 aromatic heterocycles. The molecular weight excluding hydrogens is 677 g/mol. The Kier molecular flexibility index (Phi) is 6.98. The van der Waals surface area contributed by atoms with Crippen LogP contribution in [0.2, 0.25) is 0 Å². The predicted molar refractivity (Wildman–Crippen MR) is 236 cm³/mol. The summed E-state index contributed by atoms with van der Waals surface area (Å²) in [7, 11) is 0. The molecule has 268 valence electrons. The van der Waals surface area contributed by atoms with Crippen LogP contribution < -0.4 is 4.90 Å². The summed E-state index contributed by atoms with van der Waals surface area (Å²) in [6, 6.07) is 67.5. The molecule has 0 N–H and O–H groups in total. The first-order valence-electron chi connectivity index (χ1n) is 19.8. The topological polar surface area (TPSA) is 8.17 Å². The molecule has 56 heavy (non-hydrogen) atoms. The Hall–Kier alpha value is -6.64. The molecule has 0 bridgehead atoms. The number of benzene rings is 8. The second kappa shape index (κ2) is 11.9. The van der Waals surface area contributed by atoms with E-state index in [4.69, 9.17) is 0 Å². The van der Waals surface area contributed by atoms with Gasteiger partial charge in [-0.05, 0) is 81.4 Å². The van der Waals surface area contributed by atoms with Crippen LogP contribution in [0.3, 0.4) is 0 Å². The smallest absolute Gasteiger partial charge is 0.0547 e. The van der Waals surface area contributed by atoms with Gasteiger partial charge in [-0.1, -0.05) is 167 Å². The number of para-hydroxylation sites is 3. The van der Waals surface area contributed by atoms with Gasteiger partial charge >= 0.3 is 0 Å². The van der Waals surface area contributed by atoms with Crippen LogP contribution in [0, 0.1) is 0 Å². The Labute approximate surface area is 328 Å². The van der Waals surface area contributed by atoms with Crippen LogP contribution >= 0.6 is 0 Å². The van der Waals surface area contributed by atoms with Gasteiger partial charge in [0.1, 0.15) is 0 Å². The molecule has 0 radical (unpaired) electrons. The van der Waals surface area contributed by atoms with Crippen molar-refractivity contribution in [3.8, 4) is 39.1 Å². The number of rotatable bonds is 5. The normalized spacial score (nSPS) is 14.4. The maximum absolute atomic E-state index is 2.58. The van der Waals surface area contributed by atoms with Gasteiger partial charge in [0, 0.05) is 44.0 Å². The third kappa shape index (κ3) is 4.50. The number of hydrogen-bond acceptors (Lipinski definition) is 1. The van der Waals surface area contributed by atoms with E-state index in [1.54, 1.807) is 0 Å². The molecule has 0 fully saturated rings. The molecule has 0 unspecified atom stereocenters. The molecule has 0 aliphatic heterocycles. The number of fused-ring (bicyclic) bond motifs is 9. The Morgan fingerprint density at radius 1 is 0.375 bits per heavy atom. The van der Waals surface area contributed by atoms with Gasteiger partial charge in [0.25, 0.3) is 0 Å². The van der Waals surface area contributed by atoms with E-state index in [9.17, 15) is 0 Å². The summed E-state index contributed by atoms with van der Waals surface area (Å²) in [4.78, 5) is 2.58. The molecule has 8 aromatic carbocycles. The maximum Gasteiger partial charge on any atom is 0.0547 e. The minimum absolute atomic E-state index is 0.129. The fraction of sp³-hybridized carbons (Fsp3) is 0.111. The predicted octanol–water partition coefficient (Wildman–Crippen LogP) is 14.5. The lowest BCUT2D eigenvalue weighted by molar-refractivity contribution is 0.660. The van der Waals surface area contributed by atoms with Gasteiger partial charge in [-0.3, -0.25) is 0 Å². The highest BCUT2D eigenvalue weighted by atomic mass is 15.2. The van der Waals surface area contributed by atoms with Crippen molar-refractivity contribution in [2.24, 2.45) is 0 Å². The molecule has 11 rings (SSSR count). The molecular formula is C54H42N2. The van der Waals surface area contributed by atoms with Gasteiger partial charge < -0.3 is 9.47 Å². The van der Waals surface area contributed by atoms with E-state index >= 15 is 0 Å². The van der Waals surface area contributed by atoms with E-state index in [0.717, 1.165) is 11.4 Å². The Balaban J connectivity index is 1.22.